The summed E-state index contributed by atoms with van der Waals surface area (Å²) in [6.07, 6.45) is 7.49. The number of anilines is 1. The van der Waals surface area contributed by atoms with Gasteiger partial charge in [-0.2, -0.15) is 0 Å². The largest absolute Gasteiger partial charge is 0.445 e. The molecule has 0 radical (unpaired) electrons. The fourth-order valence-electron chi connectivity index (χ4n) is 4.53. The minimum absolute atomic E-state index is 0.670. The number of oxazole rings is 1. The lowest BCUT2D eigenvalue weighted by Gasteiger charge is -2.26. The van der Waals surface area contributed by atoms with E-state index in [0.717, 1.165) is 62.0 Å². The van der Waals surface area contributed by atoms with Gasteiger partial charge in [0.1, 0.15) is 17.9 Å². The highest BCUT2D eigenvalue weighted by Gasteiger charge is 2.40. The first-order chi connectivity index (χ1) is 12.2. The van der Waals surface area contributed by atoms with Crippen LogP contribution in [0.15, 0.2) is 23.0 Å². The molecule has 2 unspecified atom stereocenters. The van der Waals surface area contributed by atoms with Gasteiger partial charge in [0.15, 0.2) is 0 Å². The number of fused-ring (bicyclic) bond motifs is 1. The first kappa shape index (κ1) is 15.3. The Morgan fingerprint density at radius 3 is 2.52 bits per heavy atom. The van der Waals surface area contributed by atoms with Gasteiger partial charge >= 0.3 is 0 Å². The van der Waals surface area contributed by atoms with Gasteiger partial charge in [0.2, 0.25) is 5.89 Å². The lowest BCUT2D eigenvalue weighted by atomic mass is 9.83. The van der Waals surface area contributed by atoms with Crippen molar-refractivity contribution in [2.75, 3.05) is 31.1 Å². The van der Waals surface area contributed by atoms with Crippen LogP contribution in [0.5, 0.6) is 0 Å². The van der Waals surface area contributed by atoms with Crippen molar-refractivity contribution in [1.82, 2.24) is 19.9 Å². The molecule has 0 bridgehead atoms. The van der Waals surface area contributed by atoms with Crippen LogP contribution < -0.4 is 4.90 Å². The lowest BCUT2D eigenvalue weighted by Crippen LogP contribution is -2.29. The topological polar surface area (TPSA) is 58.3 Å². The Balaban J connectivity index is 1.22. The van der Waals surface area contributed by atoms with Crippen molar-refractivity contribution in [3.63, 3.8) is 0 Å². The summed E-state index contributed by atoms with van der Waals surface area (Å²) in [4.78, 5) is 18.3. The zero-order valence-electron chi connectivity index (χ0n) is 14.8. The second-order valence-electron chi connectivity index (χ2n) is 7.91. The second kappa shape index (κ2) is 6.09. The summed E-state index contributed by atoms with van der Waals surface area (Å²) in [6, 6.07) is 2.23. The Kier molecular flexibility index (Phi) is 3.73. The van der Waals surface area contributed by atoms with Gasteiger partial charge in [0.25, 0.3) is 0 Å². The highest BCUT2D eigenvalue weighted by atomic mass is 16.4. The number of likely N-dealkylation sites (tertiary alicyclic amines) is 1. The van der Waals surface area contributed by atoms with E-state index in [1.54, 1.807) is 6.33 Å². The number of aryl methyl sites for hydroxylation is 1. The van der Waals surface area contributed by atoms with Gasteiger partial charge in [-0.05, 0) is 31.6 Å². The predicted molar refractivity (Wildman–Crippen MR) is 94.3 cm³/mol. The number of nitrogens with zero attached hydrogens (tertiary/aromatic N) is 5. The van der Waals surface area contributed by atoms with E-state index in [9.17, 15) is 0 Å². The van der Waals surface area contributed by atoms with E-state index in [0.29, 0.717) is 5.92 Å². The summed E-state index contributed by atoms with van der Waals surface area (Å²) in [5.41, 5.74) is 1.24. The van der Waals surface area contributed by atoms with Crippen molar-refractivity contribution in [3.8, 4) is 0 Å². The van der Waals surface area contributed by atoms with Crippen LogP contribution in [-0.2, 0) is 6.54 Å². The molecule has 3 aliphatic rings. The average Bonchev–Trinajstić information content (AvgIpc) is 3.21. The second-order valence-corrected chi connectivity index (χ2v) is 7.91. The maximum absolute atomic E-state index is 5.63. The normalized spacial score (nSPS) is 26.8. The number of hydrogen-bond acceptors (Lipinski definition) is 6. The van der Waals surface area contributed by atoms with E-state index in [2.05, 4.69) is 30.8 Å². The van der Waals surface area contributed by atoms with Gasteiger partial charge in [0, 0.05) is 43.9 Å². The molecule has 25 heavy (non-hydrogen) atoms. The molecule has 132 valence electrons. The maximum atomic E-state index is 5.63. The molecular formula is C19H25N5O. The van der Waals surface area contributed by atoms with Crippen LogP contribution in [0.1, 0.15) is 42.5 Å². The van der Waals surface area contributed by atoms with Gasteiger partial charge in [-0.15, -0.1) is 0 Å². The number of hydrogen-bond donors (Lipinski definition) is 0. The summed E-state index contributed by atoms with van der Waals surface area (Å²) >= 11 is 0. The lowest BCUT2D eigenvalue weighted by molar-refractivity contribution is 0.271. The molecule has 1 saturated carbocycles. The highest BCUT2D eigenvalue weighted by Crippen LogP contribution is 2.38. The molecule has 2 saturated heterocycles. The van der Waals surface area contributed by atoms with Gasteiger partial charge in [-0.3, -0.25) is 4.90 Å². The predicted octanol–water partition coefficient (Wildman–Crippen LogP) is 2.61. The fraction of sp³-hybridized carbons (Fsp3) is 0.632. The van der Waals surface area contributed by atoms with E-state index in [1.807, 2.05) is 13.1 Å². The summed E-state index contributed by atoms with van der Waals surface area (Å²) in [7, 11) is 0. The first-order valence-corrected chi connectivity index (χ1v) is 9.45. The van der Waals surface area contributed by atoms with Crippen LogP contribution in [0.2, 0.25) is 0 Å². The summed E-state index contributed by atoms with van der Waals surface area (Å²) in [6.45, 7) is 7.25. The van der Waals surface area contributed by atoms with E-state index in [-0.39, 0.29) is 0 Å². The Morgan fingerprint density at radius 2 is 1.88 bits per heavy atom. The fourth-order valence-corrected chi connectivity index (χ4v) is 4.53. The van der Waals surface area contributed by atoms with E-state index in [1.165, 1.54) is 25.0 Å². The Labute approximate surface area is 148 Å². The molecule has 0 aromatic carbocycles. The third-order valence-electron chi connectivity index (χ3n) is 6.11. The van der Waals surface area contributed by atoms with Crippen molar-refractivity contribution in [3.05, 3.63) is 35.9 Å². The highest BCUT2D eigenvalue weighted by molar-refractivity contribution is 5.42. The molecule has 6 heteroatoms. The van der Waals surface area contributed by atoms with Gasteiger partial charge in [-0.25, -0.2) is 15.0 Å². The van der Waals surface area contributed by atoms with E-state index < -0.39 is 0 Å². The van der Waals surface area contributed by atoms with Crippen LogP contribution in [0.25, 0.3) is 0 Å². The zero-order chi connectivity index (χ0) is 16.8. The zero-order valence-corrected chi connectivity index (χ0v) is 14.8. The van der Waals surface area contributed by atoms with Gasteiger partial charge < -0.3 is 9.32 Å². The molecule has 3 fully saturated rings. The van der Waals surface area contributed by atoms with Gasteiger partial charge in [-0.1, -0.05) is 6.42 Å². The monoisotopic (exact) mass is 339 g/mol. The molecule has 0 spiro atoms. The van der Waals surface area contributed by atoms with Crippen molar-refractivity contribution in [2.24, 2.45) is 11.8 Å². The smallest absolute Gasteiger partial charge is 0.208 e. The molecule has 1 aliphatic carbocycles. The molecular weight excluding hydrogens is 314 g/mol. The summed E-state index contributed by atoms with van der Waals surface area (Å²) < 4.78 is 5.63. The molecule has 6 nitrogen and oxygen atoms in total. The van der Waals surface area contributed by atoms with Crippen LogP contribution in [0, 0.1) is 18.8 Å². The van der Waals surface area contributed by atoms with Gasteiger partial charge in [0.05, 0.1) is 12.7 Å². The SMILES string of the molecule is Cc1cnc(CN2CC3CN(c4cc(C5CCC5)ncn4)CC3C2)o1. The third-order valence-corrected chi connectivity index (χ3v) is 6.11. The van der Waals surface area contributed by atoms with Crippen molar-refractivity contribution >= 4 is 5.82 Å². The molecule has 5 rings (SSSR count). The van der Waals surface area contributed by atoms with E-state index in [4.69, 9.17) is 4.42 Å². The van der Waals surface area contributed by atoms with Crippen LogP contribution in [0.3, 0.4) is 0 Å². The molecule has 2 aromatic rings. The average molecular weight is 339 g/mol. The molecule has 0 N–H and O–H groups in total. The van der Waals surface area contributed by atoms with Crippen LogP contribution in [-0.4, -0.2) is 46.0 Å². The number of rotatable bonds is 4. The molecule has 0 amide bonds. The first-order valence-electron chi connectivity index (χ1n) is 9.45. The third kappa shape index (κ3) is 2.92. The Hall–Kier alpha value is -1.95. The van der Waals surface area contributed by atoms with Crippen LogP contribution >= 0.6 is 0 Å². The standard InChI is InChI=1S/C19H25N5O/c1-13-6-20-19(25-13)11-23-7-15-9-24(10-16(15)8-23)18-5-17(21-12-22-18)14-3-2-4-14/h5-6,12,14-16H,2-4,7-11H2,1H3. The van der Waals surface area contributed by atoms with E-state index >= 15 is 0 Å². The van der Waals surface area contributed by atoms with Crippen molar-refractivity contribution in [2.45, 2.75) is 38.6 Å². The summed E-state index contributed by atoms with van der Waals surface area (Å²) in [5, 5.41) is 0. The minimum Gasteiger partial charge on any atom is -0.445 e. The Bertz CT molecular complexity index is 742. The summed E-state index contributed by atoms with van der Waals surface area (Å²) in [5.74, 6) is 4.97. The molecule has 2 aromatic heterocycles. The van der Waals surface area contributed by atoms with Crippen molar-refractivity contribution in [1.29, 1.82) is 0 Å². The quantitative estimate of drug-likeness (QED) is 0.853. The Morgan fingerprint density at radius 1 is 1.08 bits per heavy atom. The maximum Gasteiger partial charge on any atom is 0.208 e. The molecule has 2 atom stereocenters. The number of aromatic nitrogens is 3. The molecule has 2 aliphatic heterocycles. The molecule has 4 heterocycles. The van der Waals surface area contributed by atoms with Crippen LogP contribution in [0.4, 0.5) is 5.82 Å². The van der Waals surface area contributed by atoms with Crippen molar-refractivity contribution < 1.29 is 4.42 Å². The minimum atomic E-state index is 0.670.